The number of benzene rings is 2. The average Bonchev–Trinajstić information content (AvgIpc) is 2.81. The summed E-state index contributed by atoms with van der Waals surface area (Å²) in [5, 5.41) is 56.3. The Labute approximate surface area is 199 Å². The monoisotopic (exact) mass is 486 g/mol. The van der Waals surface area contributed by atoms with Gasteiger partial charge in [0.25, 0.3) is 5.91 Å². The molecule has 9 N–H and O–H groups in total. The van der Waals surface area contributed by atoms with Gasteiger partial charge in [-0.1, -0.05) is 36.4 Å². The van der Waals surface area contributed by atoms with E-state index >= 15 is 0 Å². The van der Waals surface area contributed by atoms with E-state index in [0.29, 0.717) is 12.1 Å². The van der Waals surface area contributed by atoms with Crippen LogP contribution in [0.1, 0.15) is 40.9 Å². The lowest BCUT2D eigenvalue weighted by Gasteiger charge is -2.18. The van der Waals surface area contributed by atoms with Crippen molar-refractivity contribution >= 4 is 18.3 Å². The second kappa shape index (κ2) is 16.4. The summed E-state index contributed by atoms with van der Waals surface area (Å²) >= 11 is 0. The van der Waals surface area contributed by atoms with Crippen LogP contribution in [0.15, 0.2) is 48.5 Å². The van der Waals surface area contributed by atoms with Gasteiger partial charge in [0, 0.05) is 12.6 Å². The van der Waals surface area contributed by atoms with E-state index < -0.39 is 37.4 Å². The molecule has 186 valence electrons. The van der Waals surface area contributed by atoms with Crippen LogP contribution in [0.4, 0.5) is 0 Å². The summed E-state index contributed by atoms with van der Waals surface area (Å²) in [6.07, 6.45) is -1.29. The van der Waals surface area contributed by atoms with Gasteiger partial charge in [-0.3, -0.25) is 4.79 Å². The number of aliphatic hydroxyl groups excluding tert-OH is 5. The molecule has 9 nitrogen and oxygen atoms in total. The van der Waals surface area contributed by atoms with Gasteiger partial charge in [-0.2, -0.15) is 0 Å². The van der Waals surface area contributed by atoms with Gasteiger partial charge in [0.1, 0.15) is 18.0 Å². The maximum absolute atomic E-state index is 11.2. The number of nitrogens with one attached hydrogen (secondary N) is 1. The molecule has 0 aliphatic heterocycles. The number of hydrogen-bond donors (Lipinski definition) is 8. The zero-order chi connectivity index (χ0) is 24.1. The van der Waals surface area contributed by atoms with Crippen molar-refractivity contribution < 1.29 is 35.4 Å². The molecule has 0 aliphatic carbocycles. The predicted octanol–water partition coefficient (Wildman–Crippen LogP) is 0.250. The van der Waals surface area contributed by atoms with Crippen LogP contribution in [0.3, 0.4) is 0 Å². The highest BCUT2D eigenvalue weighted by atomic mass is 35.5. The van der Waals surface area contributed by atoms with Crippen LogP contribution in [-0.4, -0.2) is 74.6 Å². The van der Waals surface area contributed by atoms with Crippen molar-refractivity contribution in [2.75, 3.05) is 19.8 Å². The van der Waals surface area contributed by atoms with E-state index in [0.717, 1.165) is 12.8 Å². The molecule has 0 fully saturated rings. The summed E-state index contributed by atoms with van der Waals surface area (Å²) in [7, 11) is 0. The molecule has 0 aromatic heterocycles. The molecule has 33 heavy (non-hydrogen) atoms. The summed E-state index contributed by atoms with van der Waals surface area (Å²) in [5.74, 6) is -0.895. The van der Waals surface area contributed by atoms with E-state index in [2.05, 4.69) is 24.4 Å². The first kappa shape index (κ1) is 30.8. The molecule has 2 rings (SSSR count). The quantitative estimate of drug-likeness (QED) is 0.223. The smallest absolute Gasteiger partial charge is 0.252 e. The largest absolute Gasteiger partial charge is 0.507 e. The molecule has 10 heteroatoms. The first-order valence-corrected chi connectivity index (χ1v) is 10.4. The number of hydrogen-bond acceptors (Lipinski definition) is 8. The van der Waals surface area contributed by atoms with Crippen molar-refractivity contribution in [2.45, 2.75) is 44.1 Å². The van der Waals surface area contributed by atoms with Crippen LogP contribution in [0.5, 0.6) is 5.75 Å². The molecule has 0 spiro atoms. The minimum atomic E-state index is -1.22. The second-order valence-electron chi connectivity index (χ2n) is 7.49. The Morgan fingerprint density at radius 1 is 1.00 bits per heavy atom. The summed E-state index contributed by atoms with van der Waals surface area (Å²) < 4.78 is 0. The molecule has 1 amide bonds. The number of halogens is 1. The third kappa shape index (κ3) is 11.4. The number of aliphatic hydroxyl groups is 5. The molecule has 2 aromatic rings. The van der Waals surface area contributed by atoms with Crippen LogP contribution < -0.4 is 11.1 Å². The fourth-order valence-corrected chi connectivity index (χ4v) is 2.76. The molecule has 0 heterocycles. The Hall–Kier alpha value is -2.24. The van der Waals surface area contributed by atoms with Gasteiger partial charge in [0.05, 0.1) is 24.9 Å². The van der Waals surface area contributed by atoms with Crippen LogP contribution in [-0.2, 0) is 6.42 Å². The number of carbonyl (C=O) groups excluding carboxylic acids is 1. The fraction of sp³-hybridized carbons (Fsp3) is 0.435. The third-order valence-corrected chi connectivity index (χ3v) is 4.86. The van der Waals surface area contributed by atoms with Crippen molar-refractivity contribution in [3.05, 3.63) is 65.2 Å². The van der Waals surface area contributed by atoms with Crippen molar-refractivity contribution in [3.63, 3.8) is 0 Å². The minimum Gasteiger partial charge on any atom is -0.507 e. The molecular formula is C23H35ClN2O7. The van der Waals surface area contributed by atoms with Gasteiger partial charge in [-0.25, -0.2) is 0 Å². The van der Waals surface area contributed by atoms with Gasteiger partial charge in [-0.15, -0.1) is 12.4 Å². The van der Waals surface area contributed by atoms with E-state index in [9.17, 15) is 15.0 Å². The van der Waals surface area contributed by atoms with Crippen LogP contribution in [0, 0.1) is 0 Å². The molecule has 0 saturated carbocycles. The van der Waals surface area contributed by atoms with Crippen LogP contribution >= 0.6 is 12.4 Å². The van der Waals surface area contributed by atoms with Gasteiger partial charge < -0.3 is 41.7 Å². The number of carbonyl (C=O) groups is 1. The van der Waals surface area contributed by atoms with E-state index in [1.54, 1.807) is 6.07 Å². The highest BCUT2D eigenvalue weighted by Gasteiger charge is 2.14. The van der Waals surface area contributed by atoms with Crippen LogP contribution in [0.2, 0.25) is 0 Å². The van der Waals surface area contributed by atoms with Gasteiger partial charge in [-0.05, 0) is 43.0 Å². The Bertz CT molecular complexity index is 803. The number of rotatable bonds is 11. The number of phenols is 1. The minimum absolute atomic E-state index is 0. The lowest BCUT2D eigenvalue weighted by molar-refractivity contribution is -0.0388. The average molecular weight is 487 g/mol. The highest BCUT2D eigenvalue weighted by molar-refractivity contribution is 5.95. The summed E-state index contributed by atoms with van der Waals surface area (Å²) in [5.41, 5.74) is 7.06. The van der Waals surface area contributed by atoms with Crippen molar-refractivity contribution in [3.8, 4) is 5.75 Å². The Morgan fingerprint density at radius 3 is 2.09 bits per heavy atom. The maximum atomic E-state index is 11.2. The zero-order valence-electron chi connectivity index (χ0n) is 18.5. The Morgan fingerprint density at radius 2 is 1.58 bits per heavy atom. The molecule has 0 saturated heterocycles. The summed E-state index contributed by atoms with van der Waals surface area (Å²) in [6.45, 7) is 1.38. The third-order valence-electron chi connectivity index (χ3n) is 4.86. The highest BCUT2D eigenvalue weighted by Crippen LogP contribution is 2.22. The Balaban J connectivity index is 0.000000978. The van der Waals surface area contributed by atoms with Gasteiger partial charge >= 0.3 is 0 Å². The first-order chi connectivity index (χ1) is 15.2. The van der Waals surface area contributed by atoms with Crippen molar-refractivity contribution in [2.24, 2.45) is 5.73 Å². The first-order valence-electron chi connectivity index (χ1n) is 10.4. The van der Waals surface area contributed by atoms with Crippen molar-refractivity contribution in [1.29, 1.82) is 0 Å². The number of primary amides is 1. The Kier molecular flexibility index (Phi) is 15.3. The molecule has 4 atom stereocenters. The van der Waals surface area contributed by atoms with Crippen molar-refractivity contribution in [1.82, 2.24) is 5.32 Å². The SMILES string of the molecule is CC(CCc1ccccc1)NCC(O)c1ccc(O)c(C(N)=O)c1.Cl.OCC(O)C(O)CO. The van der Waals surface area contributed by atoms with E-state index in [-0.39, 0.29) is 29.8 Å². The van der Waals surface area contributed by atoms with Gasteiger partial charge in [0.2, 0.25) is 0 Å². The lowest BCUT2D eigenvalue weighted by atomic mass is 10.0. The standard InChI is InChI=1S/C19H24N2O3.C4H10O4.ClH/c1-13(7-8-14-5-3-2-4-6-14)21-12-18(23)15-9-10-17(22)16(11-15)19(20)24;5-1-3(7)4(8)2-6;/h2-6,9-11,13,18,21-23H,7-8,12H2,1H3,(H2,20,24);3-8H,1-2H2;1H. The molecule has 2 aromatic carbocycles. The molecular weight excluding hydrogens is 452 g/mol. The normalized spacial score (nSPS) is 14.1. The predicted molar refractivity (Wildman–Crippen MR) is 127 cm³/mol. The number of amides is 1. The van der Waals surface area contributed by atoms with E-state index in [1.165, 1.54) is 17.7 Å². The molecule has 0 bridgehead atoms. The lowest BCUT2D eigenvalue weighted by Crippen LogP contribution is -2.31. The molecule has 0 radical (unpaired) electrons. The number of aryl methyl sites for hydroxylation is 1. The van der Waals surface area contributed by atoms with E-state index in [1.807, 2.05) is 18.2 Å². The molecule has 4 unspecified atom stereocenters. The van der Waals surface area contributed by atoms with Crippen LogP contribution in [0.25, 0.3) is 0 Å². The maximum Gasteiger partial charge on any atom is 0.252 e. The second-order valence-corrected chi connectivity index (χ2v) is 7.49. The fourth-order valence-electron chi connectivity index (χ4n) is 2.76. The summed E-state index contributed by atoms with van der Waals surface area (Å²) in [6, 6.07) is 14.9. The number of aromatic hydroxyl groups is 1. The molecule has 0 aliphatic rings. The topological polar surface area (TPSA) is 176 Å². The summed E-state index contributed by atoms with van der Waals surface area (Å²) in [4.78, 5) is 11.2. The number of nitrogens with two attached hydrogens (primary N) is 1. The zero-order valence-corrected chi connectivity index (χ0v) is 19.4. The van der Waals surface area contributed by atoms with E-state index in [4.69, 9.17) is 26.2 Å². The van der Waals surface area contributed by atoms with Gasteiger partial charge in [0.15, 0.2) is 0 Å².